The van der Waals surface area contributed by atoms with Crippen molar-refractivity contribution in [1.82, 2.24) is 10.6 Å². The topological polar surface area (TPSA) is 125 Å². The first-order valence-corrected chi connectivity index (χ1v) is 9.39. The molecule has 0 aromatic heterocycles. The van der Waals surface area contributed by atoms with Crippen molar-refractivity contribution in [3.05, 3.63) is 0 Å². The summed E-state index contributed by atoms with van der Waals surface area (Å²) in [5.41, 5.74) is 0. The molecule has 8 heteroatoms. The Morgan fingerprint density at radius 2 is 1.65 bits per heavy atom. The molecule has 150 valence electrons. The van der Waals surface area contributed by atoms with Gasteiger partial charge in [0.2, 0.25) is 5.91 Å². The summed E-state index contributed by atoms with van der Waals surface area (Å²) in [4.78, 5) is 36.2. The predicted octanol–water partition coefficient (Wildman–Crippen LogP) is 0.251. The number of aliphatic hydroxyl groups is 2. The number of ether oxygens (including phenoxy) is 1. The van der Waals surface area contributed by atoms with Crippen LogP contribution in [0.4, 0.5) is 0 Å². The van der Waals surface area contributed by atoms with E-state index in [0.29, 0.717) is 6.42 Å². The quantitative estimate of drug-likeness (QED) is 0.430. The lowest BCUT2D eigenvalue weighted by Gasteiger charge is -2.27. The van der Waals surface area contributed by atoms with Crippen LogP contribution in [0.5, 0.6) is 0 Å². The van der Waals surface area contributed by atoms with E-state index in [1.807, 2.05) is 13.8 Å². The second-order valence-corrected chi connectivity index (χ2v) is 7.18. The third-order valence-corrected chi connectivity index (χ3v) is 4.39. The number of aliphatic hydroxyl groups excluding tert-OH is 2. The van der Waals surface area contributed by atoms with Crippen molar-refractivity contribution in [2.24, 2.45) is 5.92 Å². The molecule has 0 aromatic rings. The van der Waals surface area contributed by atoms with Gasteiger partial charge in [-0.05, 0) is 32.1 Å². The van der Waals surface area contributed by atoms with Gasteiger partial charge in [0.15, 0.2) is 12.2 Å². The fourth-order valence-corrected chi connectivity index (χ4v) is 3.01. The second-order valence-electron chi connectivity index (χ2n) is 7.18. The normalized spacial score (nSPS) is 18.7. The van der Waals surface area contributed by atoms with Crippen LogP contribution in [0.25, 0.3) is 0 Å². The van der Waals surface area contributed by atoms with Crippen LogP contribution < -0.4 is 10.6 Å². The standard InChI is InChI=1S/C18H32N2O6/c1-4-26-18(25)15(22)14(21)17(24)20-13(10-11(2)3)16(23)19-12-8-6-5-7-9-12/h11-15,21-22H,4-10H2,1-3H3,(H,19,23)(H,20,24)/t13-,14-,15-/m0/s1. The van der Waals surface area contributed by atoms with Gasteiger partial charge in [-0.1, -0.05) is 33.1 Å². The van der Waals surface area contributed by atoms with Gasteiger partial charge in [-0.15, -0.1) is 0 Å². The van der Waals surface area contributed by atoms with E-state index in [1.165, 1.54) is 0 Å². The van der Waals surface area contributed by atoms with Gasteiger partial charge < -0.3 is 25.6 Å². The Bertz CT molecular complexity index is 476. The minimum absolute atomic E-state index is 0.0179. The number of hydrogen-bond donors (Lipinski definition) is 4. The van der Waals surface area contributed by atoms with Gasteiger partial charge in [-0.3, -0.25) is 9.59 Å². The molecule has 1 aliphatic carbocycles. The molecule has 1 fully saturated rings. The first kappa shape index (κ1) is 22.4. The Morgan fingerprint density at radius 1 is 1.04 bits per heavy atom. The van der Waals surface area contributed by atoms with Gasteiger partial charge in [0.1, 0.15) is 6.04 Å². The zero-order valence-corrected chi connectivity index (χ0v) is 15.9. The highest BCUT2D eigenvalue weighted by atomic mass is 16.5. The van der Waals surface area contributed by atoms with E-state index in [1.54, 1.807) is 6.92 Å². The largest absolute Gasteiger partial charge is 0.464 e. The Morgan fingerprint density at radius 3 is 2.19 bits per heavy atom. The van der Waals surface area contributed by atoms with E-state index >= 15 is 0 Å². The summed E-state index contributed by atoms with van der Waals surface area (Å²) in [5, 5.41) is 25.0. The van der Waals surface area contributed by atoms with Crippen molar-refractivity contribution in [1.29, 1.82) is 0 Å². The number of rotatable bonds is 9. The number of carbonyl (C=O) groups is 3. The van der Waals surface area contributed by atoms with Crippen molar-refractivity contribution in [2.75, 3.05) is 6.61 Å². The zero-order chi connectivity index (χ0) is 19.7. The minimum Gasteiger partial charge on any atom is -0.464 e. The molecule has 0 bridgehead atoms. The summed E-state index contributed by atoms with van der Waals surface area (Å²) in [7, 11) is 0. The third-order valence-electron chi connectivity index (χ3n) is 4.39. The number of amides is 2. The third kappa shape index (κ3) is 7.29. The lowest BCUT2D eigenvalue weighted by molar-refractivity contribution is -0.163. The fourth-order valence-electron chi connectivity index (χ4n) is 3.01. The fraction of sp³-hybridized carbons (Fsp3) is 0.833. The van der Waals surface area contributed by atoms with Crippen molar-refractivity contribution >= 4 is 17.8 Å². The predicted molar refractivity (Wildman–Crippen MR) is 95.0 cm³/mol. The van der Waals surface area contributed by atoms with Gasteiger partial charge >= 0.3 is 5.97 Å². The Hall–Kier alpha value is -1.67. The SMILES string of the molecule is CCOC(=O)[C@@H](O)[C@H](O)C(=O)N[C@@H](CC(C)C)C(=O)NC1CCCCC1. The molecule has 0 unspecified atom stereocenters. The number of carbonyl (C=O) groups excluding carboxylic acids is 3. The van der Waals surface area contributed by atoms with Gasteiger partial charge in [-0.2, -0.15) is 0 Å². The number of hydrogen-bond acceptors (Lipinski definition) is 6. The van der Waals surface area contributed by atoms with E-state index in [-0.39, 0.29) is 24.5 Å². The van der Waals surface area contributed by atoms with E-state index < -0.39 is 30.1 Å². The maximum atomic E-state index is 12.5. The molecule has 8 nitrogen and oxygen atoms in total. The monoisotopic (exact) mass is 372 g/mol. The van der Waals surface area contributed by atoms with E-state index in [2.05, 4.69) is 15.4 Å². The van der Waals surface area contributed by atoms with Gasteiger partial charge in [0.05, 0.1) is 6.61 Å². The van der Waals surface area contributed by atoms with Crippen LogP contribution in [0.3, 0.4) is 0 Å². The molecule has 0 radical (unpaired) electrons. The molecule has 2 amide bonds. The molecule has 0 spiro atoms. The average molecular weight is 372 g/mol. The number of nitrogens with one attached hydrogen (secondary N) is 2. The van der Waals surface area contributed by atoms with Crippen molar-refractivity contribution in [3.8, 4) is 0 Å². The zero-order valence-electron chi connectivity index (χ0n) is 15.9. The molecule has 1 aliphatic rings. The summed E-state index contributed by atoms with van der Waals surface area (Å²) >= 11 is 0. The summed E-state index contributed by atoms with van der Waals surface area (Å²) in [6, 6.07) is -0.744. The van der Waals surface area contributed by atoms with Gasteiger partial charge in [0.25, 0.3) is 5.91 Å². The molecule has 0 heterocycles. The van der Waals surface area contributed by atoms with Crippen LogP contribution in [0.1, 0.15) is 59.3 Å². The van der Waals surface area contributed by atoms with Crippen LogP contribution in [0, 0.1) is 5.92 Å². The van der Waals surface area contributed by atoms with Crippen molar-refractivity contribution in [3.63, 3.8) is 0 Å². The van der Waals surface area contributed by atoms with Crippen LogP contribution >= 0.6 is 0 Å². The molecule has 26 heavy (non-hydrogen) atoms. The molecule has 1 rings (SSSR count). The van der Waals surface area contributed by atoms with Crippen molar-refractivity contribution < 1.29 is 29.3 Å². The first-order valence-electron chi connectivity index (χ1n) is 9.39. The molecule has 0 saturated heterocycles. The van der Waals surface area contributed by atoms with Gasteiger partial charge in [-0.25, -0.2) is 4.79 Å². The van der Waals surface area contributed by atoms with E-state index in [4.69, 9.17) is 0 Å². The summed E-state index contributed by atoms with van der Waals surface area (Å²) in [6.45, 7) is 5.39. The smallest absolute Gasteiger partial charge is 0.338 e. The van der Waals surface area contributed by atoms with Crippen molar-refractivity contribution in [2.45, 2.75) is 83.6 Å². The Labute approximate surface area is 154 Å². The maximum absolute atomic E-state index is 12.5. The minimum atomic E-state index is -1.99. The first-order chi connectivity index (χ1) is 12.3. The highest BCUT2D eigenvalue weighted by Crippen LogP contribution is 2.18. The van der Waals surface area contributed by atoms with Crippen LogP contribution in [-0.4, -0.2) is 58.9 Å². The Kier molecular flexibility index (Phi) is 9.58. The van der Waals surface area contributed by atoms with E-state index in [9.17, 15) is 24.6 Å². The van der Waals surface area contributed by atoms with Crippen LogP contribution in [0.15, 0.2) is 0 Å². The summed E-state index contributed by atoms with van der Waals surface area (Å²) in [6.07, 6.45) is 1.52. The highest BCUT2D eigenvalue weighted by molar-refractivity contribution is 5.92. The molecule has 4 N–H and O–H groups in total. The summed E-state index contributed by atoms with van der Waals surface area (Å²) < 4.78 is 4.58. The molecule has 1 saturated carbocycles. The lowest BCUT2D eigenvalue weighted by Crippen LogP contribution is -2.55. The highest BCUT2D eigenvalue weighted by Gasteiger charge is 2.34. The Balaban J connectivity index is 2.68. The second kappa shape index (κ2) is 11.1. The molecule has 0 aliphatic heterocycles. The molecular weight excluding hydrogens is 340 g/mol. The maximum Gasteiger partial charge on any atom is 0.338 e. The summed E-state index contributed by atoms with van der Waals surface area (Å²) in [5.74, 6) is -2.24. The van der Waals surface area contributed by atoms with E-state index in [0.717, 1.165) is 32.1 Å². The lowest BCUT2D eigenvalue weighted by atomic mass is 9.94. The average Bonchev–Trinajstić information content (AvgIpc) is 2.60. The van der Waals surface area contributed by atoms with Gasteiger partial charge in [0, 0.05) is 6.04 Å². The van der Waals surface area contributed by atoms with Crippen LogP contribution in [0.2, 0.25) is 0 Å². The molecular formula is C18H32N2O6. The van der Waals surface area contributed by atoms with Crippen LogP contribution in [-0.2, 0) is 19.1 Å². The molecule has 0 aromatic carbocycles. The molecule has 3 atom stereocenters. The number of esters is 1.